The van der Waals surface area contributed by atoms with Gasteiger partial charge >= 0.3 is 0 Å². The quantitative estimate of drug-likeness (QED) is 0.338. The molecule has 0 atom stereocenters. The van der Waals surface area contributed by atoms with Crippen LogP contribution in [0.4, 0.5) is 5.13 Å². The number of halogens is 1. The van der Waals surface area contributed by atoms with Crippen LogP contribution in [0.1, 0.15) is 27.9 Å². The maximum absolute atomic E-state index is 13.8. The molecular weight excluding hydrogens is 460 g/mol. The second-order valence-corrected chi connectivity index (χ2v) is 8.51. The van der Waals surface area contributed by atoms with Gasteiger partial charge in [0, 0.05) is 25.5 Å². The summed E-state index contributed by atoms with van der Waals surface area (Å²) in [5.41, 5.74) is 3.70. The summed E-state index contributed by atoms with van der Waals surface area (Å²) in [6, 6.07) is 9.50. The average Bonchev–Trinajstić information content (AvgIpc) is 3.48. The fraction of sp³-hybridized carbons (Fsp3) is 0.292. The highest BCUT2D eigenvalue weighted by Crippen LogP contribution is 2.36. The van der Waals surface area contributed by atoms with Gasteiger partial charge in [-0.25, -0.2) is 9.97 Å². The Bertz CT molecular complexity index is 1240. The Kier molecular flexibility index (Phi) is 7.94. The Labute approximate surface area is 203 Å². The van der Waals surface area contributed by atoms with E-state index in [2.05, 4.69) is 31.0 Å². The molecule has 9 heteroatoms. The fourth-order valence-corrected chi connectivity index (χ4v) is 4.69. The van der Waals surface area contributed by atoms with E-state index in [1.54, 1.807) is 49.8 Å². The molecule has 174 valence electrons. The monoisotopic (exact) mass is 486 g/mol. The Balaban J connectivity index is 0.00000306. The molecule has 0 N–H and O–H groups in total. The number of rotatable bonds is 8. The molecule has 4 aromatic rings. The van der Waals surface area contributed by atoms with Gasteiger partial charge in [0.2, 0.25) is 0 Å². The number of hydrogen-bond donors (Lipinski definition) is 0. The Morgan fingerprint density at radius 2 is 1.97 bits per heavy atom. The highest BCUT2D eigenvalue weighted by atomic mass is 35.5. The van der Waals surface area contributed by atoms with Crippen LogP contribution >= 0.6 is 23.7 Å². The first kappa shape index (κ1) is 24.5. The molecule has 7 nitrogen and oxygen atoms in total. The van der Waals surface area contributed by atoms with Gasteiger partial charge in [-0.1, -0.05) is 23.5 Å². The van der Waals surface area contributed by atoms with Gasteiger partial charge in [0.05, 0.1) is 36.3 Å². The normalized spacial score (nSPS) is 10.7. The number of fused-ring (bicyclic) bond motifs is 1. The van der Waals surface area contributed by atoms with Crippen molar-refractivity contribution in [2.45, 2.75) is 26.8 Å². The largest absolute Gasteiger partial charge is 0.493 e. The molecule has 2 aromatic carbocycles. The number of thiazole rings is 1. The number of nitrogens with zero attached hydrogens (tertiary/aromatic N) is 4. The van der Waals surface area contributed by atoms with Gasteiger partial charge < -0.3 is 14.0 Å². The van der Waals surface area contributed by atoms with Crippen molar-refractivity contribution < 1.29 is 14.3 Å². The number of anilines is 1. The topological polar surface area (TPSA) is 69.5 Å². The third kappa shape index (κ3) is 4.96. The van der Waals surface area contributed by atoms with Gasteiger partial charge in [-0.05, 0) is 49.6 Å². The zero-order valence-electron chi connectivity index (χ0n) is 19.1. The van der Waals surface area contributed by atoms with E-state index >= 15 is 0 Å². The smallest absolute Gasteiger partial charge is 0.263 e. The van der Waals surface area contributed by atoms with Crippen LogP contribution in [-0.4, -0.2) is 41.2 Å². The van der Waals surface area contributed by atoms with Crippen molar-refractivity contribution in [3.63, 3.8) is 0 Å². The first-order valence-corrected chi connectivity index (χ1v) is 11.2. The molecule has 1 amide bonds. The summed E-state index contributed by atoms with van der Waals surface area (Å²) < 4.78 is 14.0. The minimum absolute atomic E-state index is 0. The Hall–Kier alpha value is -3.10. The highest BCUT2D eigenvalue weighted by Gasteiger charge is 2.26. The van der Waals surface area contributed by atoms with E-state index in [1.165, 1.54) is 16.9 Å². The van der Waals surface area contributed by atoms with Crippen LogP contribution in [0.3, 0.4) is 0 Å². The SMILES string of the molecule is COc1cccc(C(=O)N(CCCn2ccnc2)c2nc3c(C)c(C)ccc3s2)c1OC.Cl. The molecule has 0 radical (unpaired) electrons. The maximum atomic E-state index is 13.8. The van der Waals surface area contributed by atoms with Crippen LogP contribution < -0.4 is 14.4 Å². The van der Waals surface area contributed by atoms with Crippen molar-refractivity contribution in [2.75, 3.05) is 25.7 Å². The minimum Gasteiger partial charge on any atom is -0.493 e. The van der Waals surface area contributed by atoms with Gasteiger partial charge in [0.15, 0.2) is 16.6 Å². The number of benzene rings is 2. The number of carbonyl (C=O) groups is 1. The number of imidazole rings is 1. The number of para-hydroxylation sites is 1. The van der Waals surface area contributed by atoms with Crippen LogP contribution in [0.15, 0.2) is 49.1 Å². The summed E-state index contributed by atoms with van der Waals surface area (Å²) in [6.45, 7) is 5.40. The summed E-state index contributed by atoms with van der Waals surface area (Å²) in [7, 11) is 3.11. The third-order valence-corrected chi connectivity index (χ3v) is 6.58. The van der Waals surface area contributed by atoms with Crippen molar-refractivity contribution in [3.8, 4) is 11.5 Å². The number of aryl methyl sites for hydroxylation is 3. The zero-order chi connectivity index (χ0) is 22.7. The van der Waals surface area contributed by atoms with Crippen molar-refractivity contribution >= 4 is 45.0 Å². The van der Waals surface area contributed by atoms with E-state index < -0.39 is 0 Å². The predicted octanol–water partition coefficient (Wildman–Crippen LogP) is 5.29. The van der Waals surface area contributed by atoms with Crippen LogP contribution in [0.5, 0.6) is 11.5 Å². The van der Waals surface area contributed by atoms with Gasteiger partial charge in [0.1, 0.15) is 0 Å². The predicted molar refractivity (Wildman–Crippen MR) is 134 cm³/mol. The molecule has 0 unspecified atom stereocenters. The van der Waals surface area contributed by atoms with E-state index in [0.29, 0.717) is 28.7 Å². The van der Waals surface area contributed by atoms with E-state index in [-0.39, 0.29) is 18.3 Å². The second-order valence-electron chi connectivity index (χ2n) is 7.50. The maximum Gasteiger partial charge on any atom is 0.263 e. The van der Waals surface area contributed by atoms with Crippen molar-refractivity contribution in [2.24, 2.45) is 0 Å². The summed E-state index contributed by atoms with van der Waals surface area (Å²) in [6.07, 6.45) is 6.20. The fourth-order valence-electron chi connectivity index (χ4n) is 3.65. The molecule has 2 aromatic heterocycles. The molecule has 4 rings (SSSR count). The minimum atomic E-state index is -0.167. The van der Waals surface area contributed by atoms with Gasteiger partial charge in [-0.15, -0.1) is 12.4 Å². The van der Waals surface area contributed by atoms with Gasteiger partial charge in [0.25, 0.3) is 5.91 Å². The molecule has 0 saturated heterocycles. The molecule has 0 bridgehead atoms. The standard InChI is InChI=1S/C24H26N4O3S.ClH/c1-16-9-10-20-21(17(16)2)26-24(32-20)28(13-6-12-27-14-11-25-15-27)23(29)18-7-5-8-19(30-3)22(18)31-4;/h5,7-11,14-15H,6,12-13H2,1-4H3;1H. The molecule has 0 spiro atoms. The lowest BCUT2D eigenvalue weighted by atomic mass is 10.1. The highest BCUT2D eigenvalue weighted by molar-refractivity contribution is 7.22. The lowest BCUT2D eigenvalue weighted by molar-refractivity contribution is 0.0982. The summed E-state index contributed by atoms with van der Waals surface area (Å²) in [4.78, 5) is 24.5. The van der Waals surface area contributed by atoms with Crippen LogP contribution in [0, 0.1) is 13.8 Å². The number of aromatic nitrogens is 3. The van der Waals surface area contributed by atoms with E-state index in [9.17, 15) is 4.79 Å². The van der Waals surface area contributed by atoms with Crippen LogP contribution in [0.2, 0.25) is 0 Å². The number of amides is 1. The first-order chi connectivity index (χ1) is 15.5. The average molecular weight is 487 g/mol. The van der Waals surface area contributed by atoms with Gasteiger partial charge in [-0.2, -0.15) is 0 Å². The van der Waals surface area contributed by atoms with Crippen LogP contribution in [0.25, 0.3) is 10.2 Å². The summed E-state index contributed by atoms with van der Waals surface area (Å²) in [5.74, 6) is 0.778. The van der Waals surface area contributed by atoms with Gasteiger partial charge in [-0.3, -0.25) is 9.69 Å². The van der Waals surface area contributed by atoms with E-state index in [4.69, 9.17) is 14.5 Å². The third-order valence-electron chi connectivity index (χ3n) is 5.54. The number of ether oxygens (including phenoxy) is 2. The molecule has 0 aliphatic heterocycles. The van der Waals surface area contributed by atoms with Crippen molar-refractivity contribution in [3.05, 3.63) is 65.7 Å². The molecule has 0 aliphatic rings. The van der Waals surface area contributed by atoms with Crippen molar-refractivity contribution in [1.82, 2.24) is 14.5 Å². The molecule has 0 saturated carbocycles. The molecular formula is C24H27ClN4O3S. The van der Waals surface area contributed by atoms with Crippen molar-refractivity contribution in [1.29, 1.82) is 0 Å². The first-order valence-electron chi connectivity index (χ1n) is 10.4. The summed E-state index contributed by atoms with van der Waals surface area (Å²) >= 11 is 1.53. The van der Waals surface area contributed by atoms with E-state index in [1.807, 2.05) is 10.8 Å². The molecule has 0 fully saturated rings. The molecule has 2 heterocycles. The Morgan fingerprint density at radius 1 is 1.15 bits per heavy atom. The number of hydrogen-bond acceptors (Lipinski definition) is 6. The lowest BCUT2D eigenvalue weighted by Crippen LogP contribution is -2.32. The lowest BCUT2D eigenvalue weighted by Gasteiger charge is -2.22. The van der Waals surface area contributed by atoms with Crippen LogP contribution in [-0.2, 0) is 6.54 Å². The number of methoxy groups -OCH3 is 2. The molecule has 33 heavy (non-hydrogen) atoms. The summed E-state index contributed by atoms with van der Waals surface area (Å²) in [5, 5.41) is 0.675. The second kappa shape index (κ2) is 10.7. The zero-order valence-corrected chi connectivity index (χ0v) is 20.7. The van der Waals surface area contributed by atoms with E-state index in [0.717, 1.165) is 28.7 Å². The number of carbonyl (C=O) groups excluding carboxylic acids is 1. The Morgan fingerprint density at radius 3 is 2.67 bits per heavy atom. The molecule has 0 aliphatic carbocycles.